The number of hydrogen-bond donors (Lipinski definition) is 2. The van der Waals surface area contributed by atoms with Crippen molar-refractivity contribution in [1.82, 2.24) is 10.2 Å². The number of benzene rings is 2. The summed E-state index contributed by atoms with van der Waals surface area (Å²) in [7, 11) is 0. The Labute approximate surface area is 128 Å². The van der Waals surface area contributed by atoms with Crippen LogP contribution in [-0.4, -0.2) is 10.2 Å². The standard InChI is InChI=1S/C17H15FN4/c18-16-9-5-4-6-13(16)11-19-15-10-17(22-20-12-15)21-14-7-2-1-3-8-14/h1-10,12H,11H2,(H2,19,21,22). The van der Waals surface area contributed by atoms with E-state index in [1.54, 1.807) is 18.3 Å². The van der Waals surface area contributed by atoms with Gasteiger partial charge in [0.1, 0.15) is 5.82 Å². The molecule has 3 rings (SSSR count). The Bertz CT molecular complexity index is 746. The van der Waals surface area contributed by atoms with Crippen LogP contribution >= 0.6 is 0 Å². The Balaban J connectivity index is 1.68. The minimum Gasteiger partial charge on any atom is -0.379 e. The summed E-state index contributed by atoms with van der Waals surface area (Å²) < 4.78 is 13.6. The van der Waals surface area contributed by atoms with Gasteiger partial charge in [-0.25, -0.2) is 4.39 Å². The third kappa shape index (κ3) is 3.58. The van der Waals surface area contributed by atoms with Crippen LogP contribution in [0.4, 0.5) is 21.6 Å². The molecule has 5 heteroatoms. The number of nitrogens with zero attached hydrogens (tertiary/aromatic N) is 2. The largest absolute Gasteiger partial charge is 0.379 e. The van der Waals surface area contributed by atoms with Gasteiger partial charge in [-0.15, -0.1) is 5.10 Å². The van der Waals surface area contributed by atoms with Gasteiger partial charge < -0.3 is 10.6 Å². The Hall–Kier alpha value is -2.95. The van der Waals surface area contributed by atoms with Crippen LogP contribution in [0.1, 0.15) is 5.56 Å². The highest BCUT2D eigenvalue weighted by molar-refractivity contribution is 5.59. The van der Waals surface area contributed by atoms with Crippen molar-refractivity contribution in [3.63, 3.8) is 0 Å². The van der Waals surface area contributed by atoms with Crippen molar-refractivity contribution < 1.29 is 4.39 Å². The van der Waals surface area contributed by atoms with Crippen molar-refractivity contribution in [2.45, 2.75) is 6.54 Å². The lowest BCUT2D eigenvalue weighted by Crippen LogP contribution is -2.03. The van der Waals surface area contributed by atoms with Crippen LogP contribution in [0, 0.1) is 5.82 Å². The maximum absolute atomic E-state index is 13.6. The molecule has 110 valence electrons. The maximum atomic E-state index is 13.6. The van der Waals surface area contributed by atoms with Crippen LogP contribution in [-0.2, 0) is 6.54 Å². The van der Waals surface area contributed by atoms with E-state index in [1.165, 1.54) is 6.07 Å². The highest BCUT2D eigenvalue weighted by Crippen LogP contribution is 2.17. The van der Waals surface area contributed by atoms with Crippen LogP contribution in [0.3, 0.4) is 0 Å². The first-order valence-corrected chi connectivity index (χ1v) is 6.93. The van der Waals surface area contributed by atoms with Crippen LogP contribution in [0.15, 0.2) is 66.9 Å². The summed E-state index contributed by atoms with van der Waals surface area (Å²) in [6.07, 6.45) is 1.61. The van der Waals surface area contributed by atoms with E-state index in [2.05, 4.69) is 20.8 Å². The topological polar surface area (TPSA) is 49.8 Å². The van der Waals surface area contributed by atoms with Gasteiger partial charge in [-0.05, 0) is 18.2 Å². The zero-order valence-electron chi connectivity index (χ0n) is 11.8. The van der Waals surface area contributed by atoms with Gasteiger partial charge in [0.2, 0.25) is 0 Å². The summed E-state index contributed by atoms with van der Waals surface area (Å²) in [6, 6.07) is 18.2. The van der Waals surface area contributed by atoms with E-state index in [9.17, 15) is 4.39 Å². The molecule has 2 aromatic carbocycles. The molecule has 0 bridgehead atoms. The average molecular weight is 294 g/mol. The summed E-state index contributed by atoms with van der Waals surface area (Å²) in [6.45, 7) is 0.392. The fourth-order valence-electron chi connectivity index (χ4n) is 2.03. The van der Waals surface area contributed by atoms with Crippen LogP contribution < -0.4 is 10.6 Å². The van der Waals surface area contributed by atoms with Crippen molar-refractivity contribution in [3.8, 4) is 0 Å². The molecule has 0 saturated carbocycles. The molecular weight excluding hydrogens is 279 g/mol. The first kappa shape index (κ1) is 14.0. The number of rotatable bonds is 5. The molecule has 22 heavy (non-hydrogen) atoms. The number of halogens is 1. The fraction of sp³-hybridized carbons (Fsp3) is 0.0588. The molecule has 0 aliphatic rings. The third-order valence-electron chi connectivity index (χ3n) is 3.14. The highest BCUT2D eigenvalue weighted by Gasteiger charge is 2.02. The lowest BCUT2D eigenvalue weighted by Gasteiger charge is -2.09. The molecule has 0 amide bonds. The Morgan fingerprint density at radius 3 is 2.50 bits per heavy atom. The van der Waals surface area contributed by atoms with Crippen LogP contribution in [0.2, 0.25) is 0 Å². The van der Waals surface area contributed by atoms with E-state index in [4.69, 9.17) is 0 Å². The number of anilines is 3. The summed E-state index contributed by atoms with van der Waals surface area (Å²) in [5.74, 6) is 0.407. The minimum atomic E-state index is -0.223. The average Bonchev–Trinajstić information content (AvgIpc) is 2.55. The predicted octanol–water partition coefficient (Wildman–Crippen LogP) is 3.97. The van der Waals surface area contributed by atoms with Crippen molar-refractivity contribution in [2.75, 3.05) is 10.6 Å². The second-order valence-corrected chi connectivity index (χ2v) is 4.77. The van der Waals surface area contributed by atoms with E-state index < -0.39 is 0 Å². The summed E-state index contributed by atoms with van der Waals surface area (Å²) in [4.78, 5) is 0. The molecule has 0 radical (unpaired) electrons. The predicted molar refractivity (Wildman–Crippen MR) is 85.5 cm³/mol. The molecule has 4 nitrogen and oxygen atoms in total. The molecule has 1 aromatic heterocycles. The zero-order chi connectivity index (χ0) is 15.2. The van der Waals surface area contributed by atoms with Crippen molar-refractivity contribution in [2.24, 2.45) is 0 Å². The summed E-state index contributed by atoms with van der Waals surface area (Å²) >= 11 is 0. The number of nitrogens with one attached hydrogen (secondary N) is 2. The smallest absolute Gasteiger partial charge is 0.155 e. The van der Waals surface area contributed by atoms with Gasteiger partial charge in [0.15, 0.2) is 5.82 Å². The van der Waals surface area contributed by atoms with Gasteiger partial charge in [0.05, 0.1) is 11.9 Å². The van der Waals surface area contributed by atoms with E-state index in [1.807, 2.05) is 42.5 Å². The van der Waals surface area contributed by atoms with Gasteiger partial charge in [-0.2, -0.15) is 5.10 Å². The first-order chi connectivity index (χ1) is 10.8. The Morgan fingerprint density at radius 2 is 1.68 bits per heavy atom. The zero-order valence-corrected chi connectivity index (χ0v) is 11.8. The van der Waals surface area contributed by atoms with Crippen molar-refractivity contribution >= 4 is 17.2 Å². The molecule has 0 saturated heterocycles. The maximum Gasteiger partial charge on any atom is 0.155 e. The van der Waals surface area contributed by atoms with E-state index in [0.29, 0.717) is 17.9 Å². The van der Waals surface area contributed by atoms with Crippen molar-refractivity contribution in [3.05, 3.63) is 78.2 Å². The Kier molecular flexibility index (Phi) is 4.25. The SMILES string of the molecule is Fc1ccccc1CNc1cnnc(Nc2ccccc2)c1. The monoisotopic (exact) mass is 294 g/mol. The lowest BCUT2D eigenvalue weighted by atomic mass is 10.2. The van der Waals surface area contributed by atoms with Gasteiger partial charge in [-0.3, -0.25) is 0 Å². The van der Waals surface area contributed by atoms with E-state index >= 15 is 0 Å². The van der Waals surface area contributed by atoms with Crippen molar-refractivity contribution in [1.29, 1.82) is 0 Å². The second-order valence-electron chi connectivity index (χ2n) is 4.77. The molecule has 3 aromatic rings. The molecule has 0 unspecified atom stereocenters. The van der Waals surface area contributed by atoms with Crippen LogP contribution in [0.5, 0.6) is 0 Å². The fourth-order valence-corrected chi connectivity index (χ4v) is 2.03. The van der Waals surface area contributed by atoms with Gasteiger partial charge in [0, 0.05) is 23.9 Å². The number of para-hydroxylation sites is 1. The van der Waals surface area contributed by atoms with E-state index in [0.717, 1.165) is 11.4 Å². The highest BCUT2D eigenvalue weighted by atomic mass is 19.1. The molecule has 0 aliphatic heterocycles. The molecular formula is C17H15FN4. The molecule has 0 atom stereocenters. The lowest BCUT2D eigenvalue weighted by molar-refractivity contribution is 0.613. The van der Waals surface area contributed by atoms with Crippen LogP contribution in [0.25, 0.3) is 0 Å². The van der Waals surface area contributed by atoms with E-state index in [-0.39, 0.29) is 5.82 Å². The molecule has 0 spiro atoms. The third-order valence-corrected chi connectivity index (χ3v) is 3.14. The molecule has 0 aliphatic carbocycles. The molecule has 0 fully saturated rings. The Morgan fingerprint density at radius 1 is 0.909 bits per heavy atom. The van der Waals surface area contributed by atoms with Gasteiger partial charge >= 0.3 is 0 Å². The van der Waals surface area contributed by atoms with Gasteiger partial charge in [-0.1, -0.05) is 36.4 Å². The summed E-state index contributed by atoms with van der Waals surface area (Å²) in [5, 5.41) is 14.3. The number of aromatic nitrogens is 2. The van der Waals surface area contributed by atoms with Gasteiger partial charge in [0.25, 0.3) is 0 Å². The minimum absolute atomic E-state index is 0.223. The molecule has 1 heterocycles. The number of hydrogen-bond acceptors (Lipinski definition) is 4. The normalized spacial score (nSPS) is 10.2. The second kappa shape index (κ2) is 6.67. The summed E-state index contributed by atoms with van der Waals surface area (Å²) in [5.41, 5.74) is 2.32. The first-order valence-electron chi connectivity index (χ1n) is 6.93. The quantitative estimate of drug-likeness (QED) is 0.747. The molecule has 2 N–H and O–H groups in total.